The lowest BCUT2D eigenvalue weighted by atomic mass is 10.0. The van der Waals surface area contributed by atoms with Crippen LogP contribution < -0.4 is 15.8 Å². The Hall–Kier alpha value is -3.21. The van der Waals surface area contributed by atoms with Crippen molar-refractivity contribution in [2.75, 3.05) is 36.6 Å². The lowest BCUT2D eigenvalue weighted by Gasteiger charge is -2.40. The largest absolute Gasteiger partial charge is 0.377 e. The third-order valence-electron chi connectivity index (χ3n) is 7.88. The maximum Gasteiger partial charge on any atom is 0.277 e. The van der Waals surface area contributed by atoms with Gasteiger partial charge in [0.15, 0.2) is 0 Å². The summed E-state index contributed by atoms with van der Waals surface area (Å²) in [6, 6.07) is 3.06. The Morgan fingerprint density at radius 2 is 1.90 bits per heavy atom. The van der Waals surface area contributed by atoms with Gasteiger partial charge < -0.3 is 19.5 Å². The van der Waals surface area contributed by atoms with E-state index in [1.807, 2.05) is 4.90 Å². The fourth-order valence-electron chi connectivity index (χ4n) is 5.40. The van der Waals surface area contributed by atoms with Crippen molar-refractivity contribution < 1.29 is 22.3 Å². The highest BCUT2D eigenvalue weighted by Crippen LogP contribution is 2.44. The molecule has 11 heteroatoms. The van der Waals surface area contributed by atoms with E-state index in [1.54, 1.807) is 20.0 Å². The van der Waals surface area contributed by atoms with Gasteiger partial charge in [-0.15, -0.1) is 0 Å². The molecule has 2 aliphatic rings. The molecule has 1 saturated heterocycles. The molecule has 1 saturated carbocycles. The van der Waals surface area contributed by atoms with E-state index in [4.69, 9.17) is 4.74 Å². The number of halogens is 4. The quantitative estimate of drug-likeness (QED) is 0.367. The molecular weight excluding hydrogens is 514 g/mol. The summed E-state index contributed by atoms with van der Waals surface area (Å²) < 4.78 is 63.1. The topological polar surface area (TPSA) is 72.3 Å². The van der Waals surface area contributed by atoms with Crippen LogP contribution in [0, 0.1) is 18.7 Å². The van der Waals surface area contributed by atoms with Crippen LogP contribution in [-0.4, -0.2) is 47.0 Å². The van der Waals surface area contributed by atoms with Gasteiger partial charge in [0.05, 0.1) is 41.8 Å². The number of nitrogens with one attached hydrogen (secondary N) is 1. The van der Waals surface area contributed by atoms with Crippen LogP contribution in [0.25, 0.3) is 10.9 Å². The molecule has 1 aliphatic carbocycles. The minimum absolute atomic E-state index is 0.0567. The molecule has 210 valence electrons. The van der Waals surface area contributed by atoms with E-state index >= 15 is 0 Å². The van der Waals surface area contributed by atoms with Crippen molar-refractivity contribution in [2.45, 2.75) is 64.6 Å². The second kappa shape index (κ2) is 10.4. The Morgan fingerprint density at radius 1 is 1.18 bits per heavy atom. The molecule has 0 bridgehead atoms. The summed E-state index contributed by atoms with van der Waals surface area (Å²) in [5.41, 5.74) is -1.10. The maximum atomic E-state index is 15.0. The van der Waals surface area contributed by atoms with Gasteiger partial charge >= 0.3 is 0 Å². The average molecular weight is 548 g/mol. The Balaban J connectivity index is 1.70. The number of hydrogen-bond acceptors (Lipinski definition) is 6. The second-order valence-electron chi connectivity index (χ2n) is 10.9. The van der Waals surface area contributed by atoms with Crippen LogP contribution in [0.2, 0.25) is 0 Å². The van der Waals surface area contributed by atoms with Gasteiger partial charge in [-0.25, -0.2) is 27.5 Å². The van der Waals surface area contributed by atoms with Gasteiger partial charge in [0.2, 0.25) is 0 Å². The first-order valence-electron chi connectivity index (χ1n) is 13.3. The Kier molecular flexibility index (Phi) is 7.30. The van der Waals surface area contributed by atoms with Crippen molar-refractivity contribution in [3.63, 3.8) is 0 Å². The number of benzene rings is 1. The van der Waals surface area contributed by atoms with Crippen molar-refractivity contribution >= 4 is 22.4 Å². The number of aromatic nitrogens is 3. The molecule has 0 amide bonds. The van der Waals surface area contributed by atoms with Gasteiger partial charge in [0, 0.05) is 18.3 Å². The number of rotatable bonds is 8. The molecule has 0 unspecified atom stereocenters. The third kappa shape index (κ3) is 4.85. The van der Waals surface area contributed by atoms with E-state index in [0.717, 1.165) is 6.07 Å². The molecule has 1 N–H and O–H groups in total. The Bertz CT molecular complexity index is 1440. The van der Waals surface area contributed by atoms with Gasteiger partial charge in [0.25, 0.3) is 12.0 Å². The van der Waals surface area contributed by atoms with Crippen molar-refractivity contribution in [1.82, 2.24) is 14.5 Å². The van der Waals surface area contributed by atoms with Gasteiger partial charge in [-0.1, -0.05) is 32.0 Å². The first kappa shape index (κ1) is 27.4. The van der Waals surface area contributed by atoms with Crippen LogP contribution in [0.15, 0.2) is 29.2 Å². The summed E-state index contributed by atoms with van der Waals surface area (Å²) >= 11 is 0. The number of nitrogens with zero attached hydrogens (tertiary/aromatic N) is 4. The molecule has 3 heterocycles. The van der Waals surface area contributed by atoms with Gasteiger partial charge in [-0.2, -0.15) is 0 Å². The predicted octanol–water partition coefficient (Wildman–Crippen LogP) is 5.67. The second-order valence-corrected chi connectivity index (χ2v) is 10.9. The Morgan fingerprint density at radius 3 is 2.54 bits per heavy atom. The zero-order valence-corrected chi connectivity index (χ0v) is 22.5. The van der Waals surface area contributed by atoms with Crippen LogP contribution in [0.5, 0.6) is 0 Å². The zero-order chi connectivity index (χ0) is 28.1. The molecule has 39 heavy (non-hydrogen) atoms. The lowest BCUT2D eigenvalue weighted by molar-refractivity contribution is 0.0806. The minimum atomic E-state index is -2.95. The number of pyridine rings is 1. The monoisotopic (exact) mass is 547 g/mol. The molecule has 1 aliphatic heterocycles. The number of anilines is 2. The summed E-state index contributed by atoms with van der Waals surface area (Å²) in [6.45, 7) is 8.08. The molecule has 0 radical (unpaired) electrons. The number of alkyl halides is 3. The fourth-order valence-corrected chi connectivity index (χ4v) is 5.40. The fraction of sp³-hybridized carbons (Fsp3) is 0.536. The Labute approximate surface area is 224 Å². The highest BCUT2D eigenvalue weighted by molar-refractivity contribution is 5.97. The van der Waals surface area contributed by atoms with Crippen molar-refractivity contribution in [3.8, 4) is 0 Å². The molecule has 1 aromatic carbocycles. The van der Waals surface area contributed by atoms with Gasteiger partial charge in [-0.3, -0.25) is 4.79 Å². The average Bonchev–Trinajstić information content (AvgIpc) is 3.69. The van der Waals surface area contributed by atoms with Crippen molar-refractivity contribution in [2.24, 2.45) is 5.92 Å². The van der Waals surface area contributed by atoms with Gasteiger partial charge in [0.1, 0.15) is 35.3 Å². The van der Waals surface area contributed by atoms with Crippen LogP contribution in [0.4, 0.5) is 29.1 Å². The summed E-state index contributed by atoms with van der Waals surface area (Å²) in [4.78, 5) is 25.2. The lowest BCUT2D eigenvalue weighted by Crippen LogP contribution is -2.51. The van der Waals surface area contributed by atoms with E-state index in [0.29, 0.717) is 60.8 Å². The first-order valence-corrected chi connectivity index (χ1v) is 13.3. The molecule has 2 aromatic heterocycles. The molecular formula is C28H33F4N5O2. The highest BCUT2D eigenvalue weighted by Gasteiger charge is 2.47. The summed E-state index contributed by atoms with van der Waals surface area (Å²) in [6.07, 6.45) is -0.307. The third-order valence-corrected chi connectivity index (χ3v) is 7.88. The van der Waals surface area contributed by atoms with Crippen molar-refractivity contribution in [1.29, 1.82) is 0 Å². The van der Waals surface area contributed by atoms with Crippen LogP contribution in [0.1, 0.15) is 63.0 Å². The number of fused-ring (bicyclic) bond motifs is 1. The van der Waals surface area contributed by atoms with Crippen LogP contribution in [-0.2, 0) is 10.3 Å². The number of ether oxygens (including phenoxy) is 1. The molecule has 2 fully saturated rings. The van der Waals surface area contributed by atoms with E-state index in [-0.39, 0.29) is 23.1 Å². The summed E-state index contributed by atoms with van der Waals surface area (Å²) in [7, 11) is 0. The summed E-state index contributed by atoms with van der Waals surface area (Å²) in [5, 5.41) is 3.63. The highest BCUT2D eigenvalue weighted by atomic mass is 19.3. The van der Waals surface area contributed by atoms with Crippen LogP contribution in [0.3, 0.4) is 0 Å². The SMILES string of the molecule is Cc1nc(N[C@H](C)c2cccc(C(F)F)c2F)c2cn(C3(CF)CC3)c(=O)c(N3CCOC[C@@H]3C(C)C)c2n1. The number of morpholine rings is 1. The first-order chi connectivity index (χ1) is 18.6. The molecule has 7 nitrogen and oxygen atoms in total. The predicted molar refractivity (Wildman–Crippen MR) is 142 cm³/mol. The number of aryl methyl sites for hydroxylation is 1. The molecule has 5 rings (SSSR count). The minimum Gasteiger partial charge on any atom is -0.377 e. The summed E-state index contributed by atoms with van der Waals surface area (Å²) in [5.74, 6) is -0.137. The number of hydrogen-bond donors (Lipinski definition) is 1. The zero-order valence-electron chi connectivity index (χ0n) is 22.5. The van der Waals surface area contributed by atoms with E-state index < -0.39 is 36.1 Å². The van der Waals surface area contributed by atoms with E-state index in [2.05, 4.69) is 29.1 Å². The normalized spacial score (nSPS) is 19.6. The van der Waals surface area contributed by atoms with Crippen LogP contribution >= 0.6 is 0 Å². The van der Waals surface area contributed by atoms with Crippen molar-refractivity contribution in [3.05, 3.63) is 57.5 Å². The van der Waals surface area contributed by atoms with E-state index in [9.17, 15) is 22.4 Å². The van der Waals surface area contributed by atoms with Gasteiger partial charge in [-0.05, 0) is 32.6 Å². The maximum absolute atomic E-state index is 15.0. The smallest absolute Gasteiger partial charge is 0.277 e. The molecule has 2 atom stereocenters. The van der Waals surface area contributed by atoms with E-state index in [1.165, 1.54) is 16.7 Å². The standard InChI is InChI=1S/C28H33F4N5O2/c1-15(2)21-13-39-11-10-36(21)24-23-20(12-37(27(24)38)28(14-29)8-9-28)26(35-17(4)34-23)33-16(3)18-6-5-7-19(22(18)30)25(31)32/h5-7,12,15-16,21,25H,8-11,13-14H2,1-4H3,(H,33,34,35)/t16-,21-/m1/s1. The molecule has 3 aromatic rings. The molecule has 0 spiro atoms.